The summed E-state index contributed by atoms with van der Waals surface area (Å²) in [6.07, 6.45) is 0.556. The Morgan fingerprint density at radius 2 is 2.04 bits per heavy atom. The molecule has 1 aliphatic heterocycles. The van der Waals surface area contributed by atoms with Gasteiger partial charge in [0.25, 0.3) is 5.91 Å². The van der Waals surface area contributed by atoms with E-state index in [4.69, 9.17) is 9.47 Å². The van der Waals surface area contributed by atoms with Gasteiger partial charge in [-0.05, 0) is 40.2 Å². The fraction of sp³-hybridized carbons (Fsp3) is 0.125. The average molecular weight is 456 g/mol. The third-order valence-corrected chi connectivity index (χ3v) is 4.30. The van der Waals surface area contributed by atoms with Crippen LogP contribution in [-0.4, -0.2) is 29.9 Å². The fourth-order valence-corrected chi connectivity index (χ4v) is 3.33. The molecule has 8 heteroatoms. The number of carbonyl (C=O) groups excluding carboxylic acids is 1. The van der Waals surface area contributed by atoms with Crippen LogP contribution in [0.15, 0.2) is 50.4 Å². The molecule has 0 fully saturated rings. The van der Waals surface area contributed by atoms with Crippen LogP contribution >= 0.6 is 31.9 Å². The minimum atomic E-state index is -0.792. The van der Waals surface area contributed by atoms with Gasteiger partial charge in [-0.2, -0.15) is 5.10 Å². The molecule has 1 atom stereocenters. The second-order valence-electron chi connectivity index (χ2n) is 4.92. The highest BCUT2D eigenvalue weighted by atomic mass is 79.9. The summed E-state index contributed by atoms with van der Waals surface area (Å²) in [5.74, 6) is 0.715. The first-order valence-corrected chi connectivity index (χ1v) is 8.52. The minimum Gasteiger partial charge on any atom is -0.506 e. The van der Waals surface area contributed by atoms with E-state index in [0.29, 0.717) is 21.5 Å². The number of amides is 1. The highest BCUT2D eigenvalue weighted by molar-refractivity contribution is 9.11. The standard InChI is InChI=1S/C16H12Br2N2O4/c17-10-5-9(15(21)11(18)6-10)7-19-20-16(22)14-8-23-12-3-1-2-4-13(12)24-14/h1-7,14,21H,8H2,(H,20,22)/b19-7+. The number of halogens is 2. The molecule has 1 heterocycles. The van der Waals surface area contributed by atoms with E-state index in [1.807, 2.05) is 6.07 Å². The number of carbonyl (C=O) groups is 1. The van der Waals surface area contributed by atoms with Crippen molar-refractivity contribution in [2.24, 2.45) is 5.10 Å². The van der Waals surface area contributed by atoms with E-state index in [1.54, 1.807) is 30.3 Å². The molecule has 3 rings (SSSR count). The summed E-state index contributed by atoms with van der Waals surface area (Å²) in [5.41, 5.74) is 2.83. The Kier molecular flexibility index (Phi) is 5.06. The molecule has 1 amide bonds. The van der Waals surface area contributed by atoms with Crippen molar-refractivity contribution in [3.05, 3.63) is 50.9 Å². The smallest absolute Gasteiger partial charge is 0.284 e. The normalized spacial score (nSPS) is 16.2. The summed E-state index contributed by atoms with van der Waals surface area (Å²) >= 11 is 6.55. The van der Waals surface area contributed by atoms with Gasteiger partial charge < -0.3 is 14.6 Å². The van der Waals surface area contributed by atoms with Crippen molar-refractivity contribution in [2.75, 3.05) is 6.61 Å². The Labute approximate surface area is 154 Å². The molecule has 1 unspecified atom stereocenters. The lowest BCUT2D eigenvalue weighted by atomic mass is 10.2. The molecule has 1 aliphatic rings. The van der Waals surface area contributed by atoms with Gasteiger partial charge in [0, 0.05) is 10.0 Å². The molecule has 0 radical (unpaired) electrons. The molecule has 2 aromatic rings. The molecule has 0 bridgehead atoms. The Morgan fingerprint density at radius 3 is 2.83 bits per heavy atom. The van der Waals surface area contributed by atoms with Crippen molar-refractivity contribution in [3.63, 3.8) is 0 Å². The molecular formula is C16H12Br2N2O4. The van der Waals surface area contributed by atoms with Gasteiger partial charge in [0.05, 0.1) is 10.7 Å². The van der Waals surface area contributed by atoms with E-state index in [1.165, 1.54) is 6.21 Å². The second-order valence-corrected chi connectivity index (χ2v) is 6.69. The van der Waals surface area contributed by atoms with E-state index in [9.17, 15) is 9.90 Å². The van der Waals surface area contributed by atoms with E-state index in [-0.39, 0.29) is 12.4 Å². The molecule has 0 saturated carbocycles. The number of hydrogen-bond acceptors (Lipinski definition) is 5. The lowest BCUT2D eigenvalue weighted by Gasteiger charge is -2.24. The molecule has 0 spiro atoms. The third kappa shape index (κ3) is 3.70. The van der Waals surface area contributed by atoms with Gasteiger partial charge in [0.1, 0.15) is 12.4 Å². The van der Waals surface area contributed by atoms with Gasteiger partial charge in [-0.15, -0.1) is 0 Å². The summed E-state index contributed by atoms with van der Waals surface area (Å²) in [6, 6.07) is 10.5. The first kappa shape index (κ1) is 16.8. The zero-order valence-corrected chi connectivity index (χ0v) is 15.4. The molecule has 0 saturated heterocycles. The minimum absolute atomic E-state index is 0.0300. The lowest BCUT2D eigenvalue weighted by Crippen LogP contribution is -2.42. The summed E-state index contributed by atoms with van der Waals surface area (Å²) in [6.45, 7) is 0.103. The fourth-order valence-electron chi connectivity index (χ4n) is 2.07. The van der Waals surface area contributed by atoms with E-state index >= 15 is 0 Å². The largest absolute Gasteiger partial charge is 0.506 e. The quantitative estimate of drug-likeness (QED) is 0.550. The van der Waals surface area contributed by atoms with Crippen LogP contribution in [-0.2, 0) is 4.79 Å². The molecular weight excluding hydrogens is 444 g/mol. The van der Waals surface area contributed by atoms with Gasteiger partial charge in [0.2, 0.25) is 6.10 Å². The van der Waals surface area contributed by atoms with Crippen molar-refractivity contribution in [3.8, 4) is 17.2 Å². The van der Waals surface area contributed by atoms with E-state index in [0.717, 1.165) is 4.47 Å². The highest BCUT2D eigenvalue weighted by Crippen LogP contribution is 2.31. The first-order valence-electron chi connectivity index (χ1n) is 6.94. The monoisotopic (exact) mass is 454 g/mol. The topological polar surface area (TPSA) is 80.2 Å². The summed E-state index contributed by atoms with van der Waals surface area (Å²) < 4.78 is 12.3. The number of nitrogens with one attached hydrogen (secondary N) is 1. The molecule has 2 aromatic carbocycles. The zero-order valence-electron chi connectivity index (χ0n) is 12.2. The maximum absolute atomic E-state index is 12.1. The maximum atomic E-state index is 12.1. The van der Waals surface area contributed by atoms with Crippen LogP contribution in [0.25, 0.3) is 0 Å². The summed E-state index contributed by atoms with van der Waals surface area (Å²) in [5, 5.41) is 13.8. The van der Waals surface area contributed by atoms with Gasteiger partial charge in [0.15, 0.2) is 11.5 Å². The van der Waals surface area contributed by atoms with Gasteiger partial charge in [-0.3, -0.25) is 4.79 Å². The predicted octanol–water partition coefficient (Wildman–Crippen LogP) is 3.21. The molecule has 124 valence electrons. The molecule has 24 heavy (non-hydrogen) atoms. The molecule has 0 aliphatic carbocycles. The SMILES string of the molecule is O=C(N/N=C/c1cc(Br)cc(Br)c1O)C1COc2ccccc2O1. The van der Waals surface area contributed by atoms with Crippen LogP contribution in [0.5, 0.6) is 17.2 Å². The maximum Gasteiger partial charge on any atom is 0.284 e. The zero-order chi connectivity index (χ0) is 17.1. The molecule has 6 nitrogen and oxygen atoms in total. The van der Waals surface area contributed by atoms with Crippen molar-refractivity contribution in [2.45, 2.75) is 6.10 Å². The Balaban J connectivity index is 1.64. The molecule has 0 aromatic heterocycles. The number of phenolic OH excluding ortho intramolecular Hbond substituents is 1. The predicted molar refractivity (Wildman–Crippen MR) is 95.6 cm³/mol. The first-order chi connectivity index (χ1) is 11.5. The number of nitrogens with zero attached hydrogens (tertiary/aromatic N) is 1. The van der Waals surface area contributed by atoms with Crippen molar-refractivity contribution < 1.29 is 19.4 Å². The second kappa shape index (κ2) is 7.23. The number of hydrazone groups is 1. The van der Waals surface area contributed by atoms with Gasteiger partial charge in [-0.25, -0.2) is 5.43 Å². The molecule has 2 N–H and O–H groups in total. The number of aromatic hydroxyl groups is 1. The van der Waals surface area contributed by atoms with Gasteiger partial charge >= 0.3 is 0 Å². The van der Waals surface area contributed by atoms with Crippen LogP contribution in [0.3, 0.4) is 0 Å². The van der Waals surface area contributed by atoms with E-state index in [2.05, 4.69) is 42.4 Å². The van der Waals surface area contributed by atoms with Crippen molar-refractivity contribution in [1.82, 2.24) is 5.43 Å². The Bertz CT molecular complexity index is 811. The van der Waals surface area contributed by atoms with Crippen molar-refractivity contribution >= 4 is 44.0 Å². The Morgan fingerprint density at radius 1 is 1.29 bits per heavy atom. The van der Waals surface area contributed by atoms with Crippen LogP contribution in [0.1, 0.15) is 5.56 Å². The highest BCUT2D eigenvalue weighted by Gasteiger charge is 2.27. The summed E-state index contributed by atoms with van der Waals surface area (Å²) in [7, 11) is 0. The number of phenols is 1. The van der Waals surface area contributed by atoms with Crippen LogP contribution in [0.4, 0.5) is 0 Å². The number of ether oxygens (including phenoxy) is 2. The van der Waals surface area contributed by atoms with Crippen LogP contribution < -0.4 is 14.9 Å². The third-order valence-electron chi connectivity index (χ3n) is 3.24. The summed E-state index contributed by atoms with van der Waals surface area (Å²) in [4.78, 5) is 12.1. The Hall–Kier alpha value is -2.06. The lowest BCUT2D eigenvalue weighted by molar-refractivity contribution is -0.130. The number of fused-ring (bicyclic) bond motifs is 1. The number of para-hydroxylation sites is 2. The number of benzene rings is 2. The van der Waals surface area contributed by atoms with Crippen LogP contribution in [0.2, 0.25) is 0 Å². The van der Waals surface area contributed by atoms with Gasteiger partial charge in [-0.1, -0.05) is 28.1 Å². The number of hydrogen-bond donors (Lipinski definition) is 2. The van der Waals surface area contributed by atoms with Crippen LogP contribution in [0, 0.1) is 0 Å². The van der Waals surface area contributed by atoms with Crippen molar-refractivity contribution in [1.29, 1.82) is 0 Å². The van der Waals surface area contributed by atoms with E-state index < -0.39 is 12.0 Å². The number of rotatable bonds is 3. The average Bonchev–Trinajstić information content (AvgIpc) is 2.58.